The van der Waals surface area contributed by atoms with Crippen LogP contribution in [-0.4, -0.2) is 51.6 Å². The first-order valence-corrected chi connectivity index (χ1v) is 13.0. The molecule has 2 saturated heterocycles. The highest BCUT2D eigenvalue weighted by atomic mass is 16.7. The zero-order valence-corrected chi connectivity index (χ0v) is 19.6. The van der Waals surface area contributed by atoms with Gasteiger partial charge in [0.1, 0.15) is 5.60 Å². The second-order valence-corrected chi connectivity index (χ2v) is 12.9. The van der Waals surface area contributed by atoms with Crippen LogP contribution in [-0.2, 0) is 9.47 Å². The van der Waals surface area contributed by atoms with E-state index in [9.17, 15) is 15.3 Å². The van der Waals surface area contributed by atoms with Crippen molar-refractivity contribution in [3.63, 3.8) is 0 Å². The monoisotopic (exact) mass is 434 g/mol. The van der Waals surface area contributed by atoms with Crippen LogP contribution in [0.2, 0.25) is 0 Å². The molecule has 0 amide bonds. The summed E-state index contributed by atoms with van der Waals surface area (Å²) in [6.45, 7) is 7.35. The Balaban J connectivity index is 1.34. The molecule has 0 bridgehead atoms. The molecule has 6 aliphatic rings. The number of ether oxygens (including phenoxy) is 2. The molecule has 3 N–H and O–H groups in total. The van der Waals surface area contributed by atoms with Crippen LogP contribution in [0.1, 0.15) is 85.0 Å². The first-order valence-electron chi connectivity index (χ1n) is 13.0. The lowest BCUT2D eigenvalue weighted by molar-refractivity contribution is -0.310. The largest absolute Gasteiger partial charge is 0.393 e. The van der Waals surface area contributed by atoms with E-state index in [1.54, 1.807) is 0 Å². The van der Waals surface area contributed by atoms with E-state index >= 15 is 0 Å². The van der Waals surface area contributed by atoms with Crippen LogP contribution in [0, 0.1) is 40.4 Å². The Kier molecular flexibility index (Phi) is 4.60. The first-order chi connectivity index (χ1) is 14.6. The third kappa shape index (κ3) is 2.62. The Labute approximate surface area is 186 Å². The number of fused-ring (bicyclic) bond motifs is 7. The van der Waals surface area contributed by atoms with E-state index in [0.717, 1.165) is 64.2 Å². The molecule has 4 aliphatic carbocycles. The second-order valence-electron chi connectivity index (χ2n) is 12.9. The minimum atomic E-state index is -1.02. The minimum absolute atomic E-state index is 0.0115. The second kappa shape index (κ2) is 6.69. The topological polar surface area (TPSA) is 79.2 Å². The standard InChI is InChI=1S/C26H42O5/c1-23-10-8-16(27)12-15(23)6-7-17-18-13-20-22(24(18,2)14-19(28)21(17)23)25(3,29)26(31-20)9-4-5-11-30-26/h15-22,27-29H,4-14H2,1-3H3/t15-,16+,17-,18-,19-,20-,21+,22-,23-,24-,25+,26-/m0/s1. The van der Waals surface area contributed by atoms with E-state index in [4.69, 9.17) is 9.47 Å². The zero-order chi connectivity index (χ0) is 21.8. The summed E-state index contributed by atoms with van der Waals surface area (Å²) in [6, 6.07) is 0. The molecule has 0 aromatic heterocycles. The van der Waals surface area contributed by atoms with Gasteiger partial charge in [0, 0.05) is 12.3 Å². The van der Waals surface area contributed by atoms with Gasteiger partial charge in [0.15, 0.2) is 5.79 Å². The van der Waals surface area contributed by atoms with Gasteiger partial charge in [0.2, 0.25) is 0 Å². The molecule has 5 nitrogen and oxygen atoms in total. The summed E-state index contributed by atoms with van der Waals surface area (Å²) in [6.07, 6.45) is 9.18. The van der Waals surface area contributed by atoms with E-state index < -0.39 is 11.4 Å². The van der Waals surface area contributed by atoms with Gasteiger partial charge in [0.05, 0.1) is 24.9 Å². The Hall–Kier alpha value is -0.200. The van der Waals surface area contributed by atoms with Gasteiger partial charge in [-0.05, 0) is 99.2 Å². The molecule has 176 valence electrons. The molecule has 2 aliphatic heterocycles. The van der Waals surface area contributed by atoms with Gasteiger partial charge in [-0.1, -0.05) is 13.8 Å². The fraction of sp³-hybridized carbons (Fsp3) is 1.00. The first kappa shape index (κ1) is 21.3. The summed E-state index contributed by atoms with van der Waals surface area (Å²) in [5.74, 6) is 0.944. The number of hydrogen-bond acceptors (Lipinski definition) is 5. The van der Waals surface area contributed by atoms with Crippen LogP contribution >= 0.6 is 0 Å². The van der Waals surface area contributed by atoms with Crippen LogP contribution in [0.15, 0.2) is 0 Å². The van der Waals surface area contributed by atoms with Crippen molar-refractivity contribution in [3.8, 4) is 0 Å². The third-order valence-electron chi connectivity index (χ3n) is 11.5. The van der Waals surface area contributed by atoms with Crippen LogP contribution < -0.4 is 0 Å². The lowest BCUT2D eigenvalue weighted by Gasteiger charge is -2.63. The predicted molar refractivity (Wildman–Crippen MR) is 116 cm³/mol. The summed E-state index contributed by atoms with van der Waals surface area (Å²) in [7, 11) is 0. The minimum Gasteiger partial charge on any atom is -0.393 e. The van der Waals surface area contributed by atoms with Crippen LogP contribution in [0.3, 0.4) is 0 Å². The smallest absolute Gasteiger partial charge is 0.197 e. The number of aliphatic hydroxyl groups is 3. The van der Waals surface area contributed by atoms with Crippen LogP contribution in [0.25, 0.3) is 0 Å². The van der Waals surface area contributed by atoms with Crippen molar-refractivity contribution in [1.29, 1.82) is 0 Å². The fourth-order valence-electron chi connectivity index (χ4n) is 10.3. The molecular weight excluding hydrogens is 392 g/mol. The van der Waals surface area contributed by atoms with Crippen molar-refractivity contribution in [3.05, 3.63) is 0 Å². The lowest BCUT2D eigenvalue weighted by atomic mass is 9.43. The Morgan fingerprint density at radius 1 is 0.903 bits per heavy atom. The molecular formula is C26H42O5. The van der Waals surface area contributed by atoms with Gasteiger partial charge in [-0.2, -0.15) is 0 Å². The van der Waals surface area contributed by atoms with Crippen molar-refractivity contribution in [2.45, 2.75) is 115 Å². The van der Waals surface area contributed by atoms with Crippen molar-refractivity contribution < 1.29 is 24.8 Å². The number of rotatable bonds is 0. The van der Waals surface area contributed by atoms with Gasteiger partial charge < -0.3 is 24.8 Å². The fourth-order valence-corrected chi connectivity index (χ4v) is 10.3. The quantitative estimate of drug-likeness (QED) is 0.543. The summed E-state index contributed by atoms with van der Waals surface area (Å²) >= 11 is 0. The highest BCUT2D eigenvalue weighted by Gasteiger charge is 2.75. The molecule has 5 heteroatoms. The molecule has 31 heavy (non-hydrogen) atoms. The molecule has 0 aromatic rings. The molecule has 6 rings (SSSR count). The molecule has 6 fully saturated rings. The summed E-state index contributed by atoms with van der Waals surface area (Å²) < 4.78 is 12.8. The van der Waals surface area contributed by atoms with Crippen molar-refractivity contribution >= 4 is 0 Å². The molecule has 12 atom stereocenters. The van der Waals surface area contributed by atoms with Crippen molar-refractivity contribution in [2.24, 2.45) is 40.4 Å². The van der Waals surface area contributed by atoms with E-state index in [1.165, 1.54) is 0 Å². The highest BCUT2D eigenvalue weighted by molar-refractivity contribution is 5.21. The van der Waals surface area contributed by atoms with E-state index in [2.05, 4.69) is 13.8 Å². The predicted octanol–water partition coefficient (Wildman–Crippen LogP) is 3.63. The van der Waals surface area contributed by atoms with Crippen molar-refractivity contribution in [1.82, 2.24) is 0 Å². The summed E-state index contributed by atoms with van der Waals surface area (Å²) in [4.78, 5) is 0. The number of aliphatic hydroxyl groups excluding tert-OH is 2. The maximum absolute atomic E-state index is 11.9. The molecule has 1 spiro atoms. The summed E-state index contributed by atoms with van der Waals surface area (Å²) in [5, 5.41) is 33.9. The van der Waals surface area contributed by atoms with Gasteiger partial charge >= 0.3 is 0 Å². The van der Waals surface area contributed by atoms with Crippen molar-refractivity contribution in [2.75, 3.05) is 6.61 Å². The maximum Gasteiger partial charge on any atom is 0.197 e. The highest BCUT2D eigenvalue weighted by Crippen LogP contribution is 2.72. The van der Waals surface area contributed by atoms with E-state index in [0.29, 0.717) is 30.3 Å². The lowest BCUT2D eigenvalue weighted by Crippen LogP contribution is -2.63. The van der Waals surface area contributed by atoms with Gasteiger partial charge in [-0.3, -0.25) is 0 Å². The zero-order valence-electron chi connectivity index (χ0n) is 19.6. The normalized spacial score (nSPS) is 63.3. The van der Waals surface area contributed by atoms with Crippen LogP contribution in [0.4, 0.5) is 0 Å². The molecule has 0 aromatic carbocycles. The maximum atomic E-state index is 11.9. The molecule has 4 saturated carbocycles. The number of hydrogen-bond donors (Lipinski definition) is 3. The van der Waals surface area contributed by atoms with E-state index in [1.807, 2.05) is 6.92 Å². The van der Waals surface area contributed by atoms with Gasteiger partial charge in [0.25, 0.3) is 0 Å². The average molecular weight is 435 g/mol. The summed E-state index contributed by atoms with van der Waals surface area (Å²) in [5.41, 5.74) is -1.03. The molecule has 2 heterocycles. The Morgan fingerprint density at radius 3 is 2.45 bits per heavy atom. The third-order valence-corrected chi connectivity index (χ3v) is 11.5. The SMILES string of the molecule is C[C@]12CC[C@@H](O)C[C@@H]1CC[C@@H]1[C@@H]2[C@@H](O)C[C@@]2(C)[C@H]1C[C@@H]1O[C@@]3(CCCCO3)[C@](C)(O)[C@@H]12. The van der Waals surface area contributed by atoms with Gasteiger partial charge in [-0.25, -0.2) is 0 Å². The Morgan fingerprint density at radius 2 is 1.71 bits per heavy atom. The molecule has 0 radical (unpaired) electrons. The molecule has 0 unspecified atom stereocenters. The van der Waals surface area contributed by atoms with Crippen LogP contribution in [0.5, 0.6) is 0 Å². The average Bonchev–Trinajstić information content (AvgIpc) is 3.11. The Bertz CT molecular complexity index is 731. The van der Waals surface area contributed by atoms with Gasteiger partial charge in [-0.15, -0.1) is 0 Å². The van der Waals surface area contributed by atoms with E-state index in [-0.39, 0.29) is 35.1 Å².